The molecule has 1 atom stereocenters. The highest BCUT2D eigenvalue weighted by molar-refractivity contribution is 5.85. The van der Waals surface area contributed by atoms with Gasteiger partial charge in [0.15, 0.2) is 0 Å². The van der Waals surface area contributed by atoms with Crippen molar-refractivity contribution in [1.82, 2.24) is 15.1 Å². The van der Waals surface area contributed by atoms with Crippen molar-refractivity contribution in [2.24, 2.45) is 0 Å². The van der Waals surface area contributed by atoms with Crippen LogP contribution in [0.1, 0.15) is 25.7 Å². The van der Waals surface area contributed by atoms with Crippen LogP contribution >= 0.6 is 12.4 Å². The van der Waals surface area contributed by atoms with E-state index in [1.54, 1.807) is 0 Å². The number of piperidine rings is 1. The van der Waals surface area contributed by atoms with Gasteiger partial charge in [-0.25, -0.2) is 0 Å². The Morgan fingerprint density at radius 3 is 2.53 bits per heavy atom. The number of carbonyl (C=O) groups excluding carboxylic acids is 1. The summed E-state index contributed by atoms with van der Waals surface area (Å²) in [5.74, 6) is 0.330. The quantitative estimate of drug-likeness (QED) is 0.813. The number of nitrogens with zero attached hydrogens (tertiary/aromatic N) is 2. The molecule has 0 saturated carbocycles. The van der Waals surface area contributed by atoms with E-state index in [1.165, 1.54) is 25.7 Å². The third-order valence-electron chi connectivity index (χ3n) is 3.75. The van der Waals surface area contributed by atoms with Crippen molar-refractivity contribution in [2.75, 3.05) is 39.8 Å². The predicted molar refractivity (Wildman–Crippen MR) is 71.6 cm³/mol. The van der Waals surface area contributed by atoms with Crippen molar-refractivity contribution in [2.45, 2.75) is 31.7 Å². The molecular formula is C12H24ClN3O. The number of halogens is 1. The zero-order chi connectivity index (χ0) is 11.4. The molecular weight excluding hydrogens is 238 g/mol. The maximum Gasteiger partial charge on any atom is 0.236 e. The minimum absolute atomic E-state index is 0. The van der Waals surface area contributed by atoms with Crippen LogP contribution < -0.4 is 5.32 Å². The second kappa shape index (κ2) is 7.19. The summed E-state index contributed by atoms with van der Waals surface area (Å²) in [5, 5.41) is 3.28. The number of likely N-dealkylation sites (N-methyl/N-ethyl adjacent to an activating group) is 1. The van der Waals surface area contributed by atoms with Crippen molar-refractivity contribution < 1.29 is 4.79 Å². The van der Waals surface area contributed by atoms with Crippen molar-refractivity contribution >= 4 is 18.3 Å². The van der Waals surface area contributed by atoms with E-state index in [0.717, 1.165) is 26.2 Å². The standard InChI is InChI=1S/C12H23N3O.ClH/c1-13-11-5-8-14(9-11)10-12(16)15-6-3-2-4-7-15;/h11,13H,2-10H2,1H3;1H. The van der Waals surface area contributed by atoms with E-state index in [1.807, 2.05) is 11.9 Å². The van der Waals surface area contributed by atoms with Crippen molar-refractivity contribution in [1.29, 1.82) is 0 Å². The Bertz CT molecular complexity index is 244. The molecule has 2 saturated heterocycles. The van der Waals surface area contributed by atoms with E-state index in [-0.39, 0.29) is 12.4 Å². The highest BCUT2D eigenvalue weighted by atomic mass is 35.5. The fraction of sp³-hybridized carbons (Fsp3) is 0.917. The van der Waals surface area contributed by atoms with Gasteiger partial charge >= 0.3 is 0 Å². The monoisotopic (exact) mass is 261 g/mol. The van der Waals surface area contributed by atoms with Gasteiger partial charge in [-0.15, -0.1) is 12.4 Å². The molecule has 2 rings (SSSR count). The summed E-state index contributed by atoms with van der Waals surface area (Å²) in [6.45, 7) is 4.66. The van der Waals surface area contributed by atoms with E-state index in [0.29, 0.717) is 18.5 Å². The van der Waals surface area contributed by atoms with Gasteiger partial charge in [0.05, 0.1) is 6.54 Å². The third-order valence-corrected chi connectivity index (χ3v) is 3.75. The molecule has 0 radical (unpaired) electrons. The van der Waals surface area contributed by atoms with Gasteiger partial charge < -0.3 is 10.2 Å². The number of rotatable bonds is 3. The average Bonchev–Trinajstić information content (AvgIpc) is 2.78. The van der Waals surface area contributed by atoms with Gasteiger partial charge in [-0.2, -0.15) is 0 Å². The fourth-order valence-electron chi connectivity index (χ4n) is 2.65. The lowest BCUT2D eigenvalue weighted by atomic mass is 10.1. The average molecular weight is 262 g/mol. The number of hydrogen-bond donors (Lipinski definition) is 1. The first-order chi connectivity index (χ1) is 7.79. The molecule has 100 valence electrons. The molecule has 5 heteroatoms. The minimum Gasteiger partial charge on any atom is -0.342 e. The maximum absolute atomic E-state index is 12.0. The number of likely N-dealkylation sites (tertiary alicyclic amines) is 2. The van der Waals surface area contributed by atoms with Gasteiger partial charge in [0.25, 0.3) is 0 Å². The topological polar surface area (TPSA) is 35.6 Å². The second-order valence-corrected chi connectivity index (χ2v) is 4.95. The SMILES string of the molecule is CNC1CCN(CC(=O)N2CCCCC2)C1.Cl. The summed E-state index contributed by atoms with van der Waals surface area (Å²) in [7, 11) is 2.00. The Morgan fingerprint density at radius 2 is 1.94 bits per heavy atom. The van der Waals surface area contributed by atoms with Crippen LogP contribution in [0, 0.1) is 0 Å². The Hall–Kier alpha value is -0.320. The Labute approximate surface area is 110 Å². The van der Waals surface area contributed by atoms with Gasteiger partial charge in [0.2, 0.25) is 5.91 Å². The fourth-order valence-corrected chi connectivity index (χ4v) is 2.65. The summed E-state index contributed by atoms with van der Waals surface area (Å²) in [5.41, 5.74) is 0. The van der Waals surface area contributed by atoms with E-state index < -0.39 is 0 Å². The number of carbonyl (C=O) groups is 1. The van der Waals surface area contributed by atoms with Gasteiger partial charge in [-0.05, 0) is 32.7 Å². The van der Waals surface area contributed by atoms with E-state index >= 15 is 0 Å². The van der Waals surface area contributed by atoms with Gasteiger partial charge in [-0.3, -0.25) is 9.69 Å². The van der Waals surface area contributed by atoms with Gasteiger partial charge in [0.1, 0.15) is 0 Å². The molecule has 2 fully saturated rings. The Morgan fingerprint density at radius 1 is 1.24 bits per heavy atom. The molecule has 0 bridgehead atoms. The minimum atomic E-state index is 0. The molecule has 1 N–H and O–H groups in total. The molecule has 0 spiro atoms. The highest BCUT2D eigenvalue weighted by Crippen LogP contribution is 2.12. The summed E-state index contributed by atoms with van der Waals surface area (Å²) >= 11 is 0. The molecule has 4 nitrogen and oxygen atoms in total. The third kappa shape index (κ3) is 4.12. The van der Waals surface area contributed by atoms with Crippen molar-refractivity contribution in [3.63, 3.8) is 0 Å². The molecule has 2 aliphatic rings. The van der Waals surface area contributed by atoms with Crippen molar-refractivity contribution in [3.8, 4) is 0 Å². The normalized spacial score (nSPS) is 25.7. The van der Waals surface area contributed by atoms with E-state index in [9.17, 15) is 4.79 Å². The molecule has 1 amide bonds. The van der Waals surface area contributed by atoms with E-state index in [2.05, 4.69) is 10.2 Å². The molecule has 2 aliphatic heterocycles. The van der Waals surface area contributed by atoms with E-state index in [4.69, 9.17) is 0 Å². The molecule has 0 aromatic carbocycles. The first-order valence-electron chi connectivity index (χ1n) is 6.47. The second-order valence-electron chi connectivity index (χ2n) is 4.95. The molecule has 1 unspecified atom stereocenters. The number of amides is 1. The van der Waals surface area contributed by atoms with Crippen LogP contribution in [0.15, 0.2) is 0 Å². The highest BCUT2D eigenvalue weighted by Gasteiger charge is 2.25. The summed E-state index contributed by atoms with van der Waals surface area (Å²) in [6.07, 6.45) is 4.83. The summed E-state index contributed by atoms with van der Waals surface area (Å²) in [6, 6.07) is 0.578. The van der Waals surface area contributed by atoms with Crippen LogP contribution in [-0.2, 0) is 4.79 Å². The first-order valence-corrected chi connectivity index (χ1v) is 6.47. The van der Waals surface area contributed by atoms with Crippen LogP contribution in [0.2, 0.25) is 0 Å². The lowest BCUT2D eigenvalue weighted by molar-refractivity contribution is -0.133. The zero-order valence-electron chi connectivity index (χ0n) is 10.7. The molecule has 0 aromatic rings. The smallest absolute Gasteiger partial charge is 0.236 e. The van der Waals surface area contributed by atoms with Crippen LogP contribution in [0.25, 0.3) is 0 Å². The van der Waals surface area contributed by atoms with Gasteiger partial charge in [0, 0.05) is 32.2 Å². The molecule has 17 heavy (non-hydrogen) atoms. The molecule has 0 aromatic heterocycles. The van der Waals surface area contributed by atoms with Crippen molar-refractivity contribution in [3.05, 3.63) is 0 Å². The zero-order valence-corrected chi connectivity index (χ0v) is 11.5. The largest absolute Gasteiger partial charge is 0.342 e. The maximum atomic E-state index is 12.0. The Kier molecular flexibility index (Phi) is 6.23. The summed E-state index contributed by atoms with van der Waals surface area (Å²) < 4.78 is 0. The lowest BCUT2D eigenvalue weighted by Gasteiger charge is -2.28. The van der Waals surface area contributed by atoms with Gasteiger partial charge in [-0.1, -0.05) is 0 Å². The summed E-state index contributed by atoms with van der Waals surface area (Å²) in [4.78, 5) is 16.3. The van der Waals surface area contributed by atoms with Crippen LogP contribution in [0.3, 0.4) is 0 Å². The van der Waals surface area contributed by atoms with Crippen LogP contribution in [0.5, 0.6) is 0 Å². The Balaban J connectivity index is 0.00000144. The van der Waals surface area contributed by atoms with Crippen LogP contribution in [0.4, 0.5) is 0 Å². The number of hydrogen-bond acceptors (Lipinski definition) is 3. The molecule has 0 aliphatic carbocycles. The first kappa shape index (κ1) is 14.7. The van der Waals surface area contributed by atoms with Crippen LogP contribution in [-0.4, -0.2) is 61.5 Å². The lowest BCUT2D eigenvalue weighted by Crippen LogP contribution is -2.42. The number of nitrogens with one attached hydrogen (secondary N) is 1. The predicted octanol–water partition coefficient (Wildman–Crippen LogP) is 0.714. The molecule has 2 heterocycles.